The molecule has 0 aliphatic heterocycles. The molecule has 0 amide bonds. The summed E-state index contributed by atoms with van der Waals surface area (Å²) in [5.74, 6) is 1.51. The quantitative estimate of drug-likeness (QED) is 0.689. The molecule has 1 aromatic carbocycles. The van der Waals surface area contributed by atoms with E-state index in [0.29, 0.717) is 11.3 Å². The zero-order chi connectivity index (χ0) is 11.8. The molecule has 1 heteroatoms. The zero-order valence-electron chi connectivity index (χ0n) is 10.3. The third-order valence-electron chi connectivity index (χ3n) is 3.85. The van der Waals surface area contributed by atoms with Crippen LogP contribution in [0.1, 0.15) is 50.7 Å². The number of hydrogen-bond donors (Lipinski definition) is 0. The van der Waals surface area contributed by atoms with Gasteiger partial charge in [0.05, 0.1) is 11.6 Å². The fourth-order valence-electron chi connectivity index (χ4n) is 2.46. The number of rotatable bonds is 1. The summed E-state index contributed by atoms with van der Waals surface area (Å²) >= 11 is 0. The van der Waals surface area contributed by atoms with Crippen LogP contribution in [-0.2, 0) is 0 Å². The third-order valence-corrected chi connectivity index (χ3v) is 3.85. The topological polar surface area (TPSA) is 23.8 Å². The minimum Gasteiger partial charge on any atom is -0.192 e. The maximum absolute atomic E-state index is 8.87. The highest BCUT2D eigenvalue weighted by atomic mass is 14.4. The van der Waals surface area contributed by atoms with Crippen LogP contribution in [0, 0.1) is 22.7 Å². The molecular weight excluding hydrogens is 194 g/mol. The molecule has 0 atom stereocenters. The minimum absolute atomic E-state index is 0.434. The Morgan fingerprint density at radius 2 is 1.94 bits per heavy atom. The van der Waals surface area contributed by atoms with Crippen molar-refractivity contribution in [3.8, 4) is 6.07 Å². The van der Waals surface area contributed by atoms with Crippen molar-refractivity contribution < 1.29 is 0 Å². The summed E-state index contributed by atoms with van der Waals surface area (Å²) in [7, 11) is 0. The molecule has 1 aromatic rings. The Labute approximate surface area is 98.1 Å². The van der Waals surface area contributed by atoms with E-state index in [1.54, 1.807) is 0 Å². The SMILES string of the molecule is CC(C)(C)C1CC(c2cccc(C#N)c2)C1. The van der Waals surface area contributed by atoms with Crippen LogP contribution in [0.2, 0.25) is 0 Å². The Hall–Kier alpha value is -1.29. The molecule has 84 valence electrons. The predicted molar refractivity (Wildman–Crippen MR) is 66.1 cm³/mol. The summed E-state index contributed by atoms with van der Waals surface area (Å²) in [5.41, 5.74) is 2.57. The highest BCUT2D eigenvalue weighted by Gasteiger charge is 2.37. The van der Waals surface area contributed by atoms with Crippen molar-refractivity contribution in [1.82, 2.24) is 0 Å². The first-order valence-electron chi connectivity index (χ1n) is 6.01. The summed E-state index contributed by atoms with van der Waals surface area (Å²) < 4.78 is 0. The van der Waals surface area contributed by atoms with Crippen LogP contribution in [0.5, 0.6) is 0 Å². The Morgan fingerprint density at radius 3 is 2.50 bits per heavy atom. The lowest BCUT2D eigenvalue weighted by atomic mass is 9.61. The van der Waals surface area contributed by atoms with Crippen LogP contribution in [0.15, 0.2) is 24.3 Å². The molecule has 1 fully saturated rings. The molecule has 0 spiro atoms. The van der Waals surface area contributed by atoms with Gasteiger partial charge in [-0.2, -0.15) is 5.26 Å². The summed E-state index contributed by atoms with van der Waals surface area (Å²) in [6.45, 7) is 6.96. The normalized spacial score (nSPS) is 24.6. The van der Waals surface area contributed by atoms with Crippen molar-refractivity contribution in [2.45, 2.75) is 39.5 Å². The van der Waals surface area contributed by atoms with E-state index >= 15 is 0 Å². The van der Waals surface area contributed by atoms with Crippen molar-refractivity contribution >= 4 is 0 Å². The summed E-state index contributed by atoms with van der Waals surface area (Å²) in [5, 5.41) is 8.87. The maximum atomic E-state index is 8.87. The van der Waals surface area contributed by atoms with Crippen LogP contribution in [0.3, 0.4) is 0 Å². The molecule has 0 unspecified atom stereocenters. The Morgan fingerprint density at radius 1 is 1.25 bits per heavy atom. The summed E-state index contributed by atoms with van der Waals surface area (Å²) in [6.07, 6.45) is 2.55. The fraction of sp³-hybridized carbons (Fsp3) is 0.533. The van der Waals surface area contributed by atoms with Crippen molar-refractivity contribution in [2.24, 2.45) is 11.3 Å². The first-order valence-corrected chi connectivity index (χ1v) is 6.01. The number of benzene rings is 1. The Balaban J connectivity index is 2.05. The van der Waals surface area contributed by atoms with Gasteiger partial charge in [0, 0.05) is 0 Å². The molecule has 1 saturated carbocycles. The number of hydrogen-bond acceptors (Lipinski definition) is 1. The zero-order valence-corrected chi connectivity index (χ0v) is 10.3. The van der Waals surface area contributed by atoms with Gasteiger partial charge >= 0.3 is 0 Å². The average molecular weight is 213 g/mol. The first-order chi connectivity index (χ1) is 7.50. The molecule has 0 radical (unpaired) electrons. The molecule has 16 heavy (non-hydrogen) atoms. The summed E-state index contributed by atoms with van der Waals surface area (Å²) in [6, 6.07) is 10.3. The van der Waals surface area contributed by atoms with E-state index < -0.39 is 0 Å². The first kappa shape index (κ1) is 11.2. The average Bonchev–Trinajstić information content (AvgIpc) is 2.13. The molecule has 2 rings (SSSR count). The third kappa shape index (κ3) is 2.11. The van der Waals surface area contributed by atoms with Crippen LogP contribution in [0.25, 0.3) is 0 Å². The molecule has 0 aromatic heterocycles. The highest BCUT2D eigenvalue weighted by Crippen LogP contribution is 2.49. The number of nitrogens with zero attached hydrogens (tertiary/aromatic N) is 1. The van der Waals surface area contributed by atoms with Gasteiger partial charge in [0.15, 0.2) is 0 Å². The Bertz CT molecular complexity index is 414. The van der Waals surface area contributed by atoms with Gasteiger partial charge in [0.1, 0.15) is 0 Å². The van der Waals surface area contributed by atoms with Crippen LogP contribution >= 0.6 is 0 Å². The van der Waals surface area contributed by atoms with Crippen LogP contribution in [-0.4, -0.2) is 0 Å². The van der Waals surface area contributed by atoms with Gasteiger partial charge < -0.3 is 0 Å². The van der Waals surface area contributed by atoms with Crippen molar-refractivity contribution in [2.75, 3.05) is 0 Å². The maximum Gasteiger partial charge on any atom is 0.0991 e. The van der Waals surface area contributed by atoms with E-state index in [2.05, 4.69) is 32.9 Å². The largest absolute Gasteiger partial charge is 0.192 e. The van der Waals surface area contributed by atoms with Gasteiger partial charge in [-0.3, -0.25) is 0 Å². The second kappa shape index (κ2) is 3.94. The van der Waals surface area contributed by atoms with E-state index in [0.717, 1.165) is 11.5 Å². The minimum atomic E-state index is 0.434. The molecule has 1 aliphatic carbocycles. The van der Waals surface area contributed by atoms with Gasteiger partial charge in [-0.1, -0.05) is 32.9 Å². The van der Waals surface area contributed by atoms with Crippen LogP contribution in [0.4, 0.5) is 0 Å². The predicted octanol–water partition coefficient (Wildman–Crippen LogP) is 4.10. The lowest BCUT2D eigenvalue weighted by Crippen LogP contribution is -2.32. The lowest BCUT2D eigenvalue weighted by molar-refractivity contribution is 0.115. The van der Waals surface area contributed by atoms with E-state index in [-0.39, 0.29) is 0 Å². The summed E-state index contributed by atoms with van der Waals surface area (Å²) in [4.78, 5) is 0. The molecular formula is C15H19N. The van der Waals surface area contributed by atoms with Crippen LogP contribution < -0.4 is 0 Å². The number of nitriles is 1. The molecule has 1 nitrogen and oxygen atoms in total. The molecule has 0 bridgehead atoms. The Kier molecular flexibility index (Phi) is 2.76. The monoisotopic (exact) mass is 213 g/mol. The highest BCUT2D eigenvalue weighted by molar-refractivity contribution is 5.35. The smallest absolute Gasteiger partial charge is 0.0991 e. The molecule has 1 aliphatic rings. The van der Waals surface area contributed by atoms with E-state index in [9.17, 15) is 0 Å². The van der Waals surface area contributed by atoms with E-state index in [4.69, 9.17) is 5.26 Å². The second-order valence-corrected chi connectivity index (χ2v) is 5.97. The molecule has 0 N–H and O–H groups in total. The molecule has 0 heterocycles. The van der Waals surface area contributed by atoms with Gasteiger partial charge in [-0.05, 0) is 47.8 Å². The lowest BCUT2D eigenvalue weighted by Gasteiger charge is -2.44. The van der Waals surface area contributed by atoms with E-state index in [1.165, 1.54) is 18.4 Å². The molecule has 0 saturated heterocycles. The second-order valence-electron chi connectivity index (χ2n) is 5.97. The fourth-order valence-corrected chi connectivity index (χ4v) is 2.46. The van der Waals surface area contributed by atoms with E-state index in [1.807, 2.05) is 18.2 Å². The van der Waals surface area contributed by atoms with Crippen molar-refractivity contribution in [3.63, 3.8) is 0 Å². The van der Waals surface area contributed by atoms with Gasteiger partial charge in [-0.25, -0.2) is 0 Å². The van der Waals surface area contributed by atoms with Gasteiger partial charge in [-0.15, -0.1) is 0 Å². The standard InChI is InChI=1S/C15H19N/c1-15(2,3)14-8-13(9-14)12-6-4-5-11(7-12)10-16/h4-7,13-14H,8-9H2,1-3H3. The van der Waals surface area contributed by atoms with Gasteiger partial charge in [0.2, 0.25) is 0 Å². The van der Waals surface area contributed by atoms with Gasteiger partial charge in [0.25, 0.3) is 0 Å². The van der Waals surface area contributed by atoms with Crippen molar-refractivity contribution in [1.29, 1.82) is 5.26 Å². The van der Waals surface area contributed by atoms with Crippen molar-refractivity contribution in [3.05, 3.63) is 35.4 Å².